The van der Waals surface area contributed by atoms with Crippen molar-refractivity contribution in [1.82, 2.24) is 9.55 Å². The van der Waals surface area contributed by atoms with E-state index < -0.39 is 0 Å². The molecule has 1 unspecified atom stereocenters. The maximum Gasteiger partial charge on any atom is 0.168 e. The fourth-order valence-electron chi connectivity index (χ4n) is 4.19. The smallest absolute Gasteiger partial charge is 0.168 e. The third kappa shape index (κ3) is 4.65. The number of unbranched alkanes of at least 4 members (excludes halogenated alkanes) is 2. The largest absolute Gasteiger partial charge is 0.493 e. The van der Waals surface area contributed by atoms with Crippen LogP contribution >= 0.6 is 0 Å². The molecular weight excluding hydrogens is 348 g/mol. The van der Waals surface area contributed by atoms with E-state index in [1.54, 1.807) is 6.20 Å². The molecule has 152 valence electrons. The molecule has 0 aliphatic heterocycles. The highest BCUT2D eigenvalue weighted by Gasteiger charge is 2.26. The predicted molar refractivity (Wildman–Crippen MR) is 113 cm³/mol. The number of aryl methyl sites for hydroxylation is 1. The quantitative estimate of drug-likeness (QED) is 0.400. The summed E-state index contributed by atoms with van der Waals surface area (Å²) in [5.74, 6) is 2.21. The molecular formula is C24H34N2O2. The highest BCUT2D eigenvalue weighted by atomic mass is 16.5. The number of benzene rings is 1. The van der Waals surface area contributed by atoms with E-state index in [9.17, 15) is 4.79 Å². The third-order valence-electron chi connectivity index (χ3n) is 5.97. The SMILES string of the molecule is CCCCCOc1ccc(C(=O)C(CC)Cn2ccnc2C)c2c1CCCC2. The lowest BCUT2D eigenvalue weighted by atomic mass is 9.83. The first-order valence-corrected chi connectivity index (χ1v) is 10.9. The first-order chi connectivity index (χ1) is 13.7. The molecule has 0 fully saturated rings. The van der Waals surface area contributed by atoms with Gasteiger partial charge in [0.05, 0.1) is 6.61 Å². The lowest BCUT2D eigenvalue weighted by Crippen LogP contribution is -2.23. The maximum absolute atomic E-state index is 13.4. The minimum Gasteiger partial charge on any atom is -0.493 e. The summed E-state index contributed by atoms with van der Waals surface area (Å²) in [6.07, 6.45) is 12.4. The number of nitrogens with zero attached hydrogens (tertiary/aromatic N) is 2. The van der Waals surface area contributed by atoms with Gasteiger partial charge in [-0.15, -0.1) is 0 Å². The summed E-state index contributed by atoms with van der Waals surface area (Å²) in [7, 11) is 0. The van der Waals surface area contributed by atoms with Gasteiger partial charge in [-0.1, -0.05) is 26.7 Å². The Morgan fingerprint density at radius 2 is 1.96 bits per heavy atom. The van der Waals surface area contributed by atoms with Crippen molar-refractivity contribution in [2.75, 3.05) is 6.61 Å². The van der Waals surface area contributed by atoms with Crippen LogP contribution in [0, 0.1) is 12.8 Å². The van der Waals surface area contributed by atoms with E-state index in [-0.39, 0.29) is 11.7 Å². The van der Waals surface area contributed by atoms with E-state index in [1.807, 2.05) is 25.3 Å². The van der Waals surface area contributed by atoms with Crippen molar-refractivity contribution >= 4 is 5.78 Å². The van der Waals surface area contributed by atoms with Crippen molar-refractivity contribution in [2.24, 2.45) is 5.92 Å². The summed E-state index contributed by atoms with van der Waals surface area (Å²) in [6.45, 7) is 7.77. The molecule has 1 aromatic heterocycles. The molecule has 1 aliphatic carbocycles. The van der Waals surface area contributed by atoms with Crippen LogP contribution < -0.4 is 4.74 Å². The second-order valence-electron chi connectivity index (χ2n) is 7.93. The standard InChI is InChI=1S/C24H34N2O2/c1-4-6-9-16-28-23-13-12-22(20-10-7-8-11-21(20)23)24(27)19(5-2)17-26-15-14-25-18(26)3/h12-15,19H,4-11,16-17H2,1-3H3. The second-order valence-corrected chi connectivity index (χ2v) is 7.93. The predicted octanol–water partition coefficient (Wildman–Crippen LogP) is 5.55. The molecule has 3 rings (SSSR count). The molecule has 1 aromatic carbocycles. The molecule has 0 bridgehead atoms. The number of rotatable bonds is 10. The number of fused-ring (bicyclic) bond motifs is 1. The van der Waals surface area contributed by atoms with E-state index in [0.29, 0.717) is 6.54 Å². The molecule has 4 heteroatoms. The molecule has 28 heavy (non-hydrogen) atoms. The van der Waals surface area contributed by atoms with Crippen LogP contribution in [0.2, 0.25) is 0 Å². The Kier molecular flexibility index (Phi) is 7.30. The van der Waals surface area contributed by atoms with Crippen molar-refractivity contribution < 1.29 is 9.53 Å². The van der Waals surface area contributed by atoms with E-state index in [0.717, 1.165) is 55.8 Å². The van der Waals surface area contributed by atoms with Gasteiger partial charge in [0.15, 0.2) is 5.78 Å². The number of hydrogen-bond acceptors (Lipinski definition) is 3. The van der Waals surface area contributed by atoms with Gasteiger partial charge in [0.2, 0.25) is 0 Å². The van der Waals surface area contributed by atoms with Crippen LogP contribution in [0.15, 0.2) is 24.5 Å². The zero-order chi connectivity index (χ0) is 19.9. The van der Waals surface area contributed by atoms with Gasteiger partial charge >= 0.3 is 0 Å². The number of Topliss-reactive ketones (excluding diaryl/α,β-unsaturated/α-hetero) is 1. The highest BCUT2D eigenvalue weighted by Crippen LogP contribution is 2.34. The summed E-state index contributed by atoms with van der Waals surface area (Å²) in [4.78, 5) is 17.7. The molecule has 2 aromatic rings. The summed E-state index contributed by atoms with van der Waals surface area (Å²) in [6, 6.07) is 4.06. The van der Waals surface area contributed by atoms with Gasteiger partial charge in [-0.05, 0) is 68.7 Å². The Balaban J connectivity index is 1.82. The summed E-state index contributed by atoms with van der Waals surface area (Å²) in [5, 5.41) is 0. The van der Waals surface area contributed by atoms with Crippen molar-refractivity contribution in [3.63, 3.8) is 0 Å². The molecule has 0 spiro atoms. The summed E-state index contributed by atoms with van der Waals surface area (Å²) < 4.78 is 8.19. The molecule has 1 atom stereocenters. The number of aromatic nitrogens is 2. The van der Waals surface area contributed by atoms with Crippen molar-refractivity contribution in [2.45, 2.75) is 78.7 Å². The van der Waals surface area contributed by atoms with Gasteiger partial charge < -0.3 is 9.30 Å². The number of carbonyl (C=O) groups is 1. The van der Waals surface area contributed by atoms with Crippen LogP contribution in [0.3, 0.4) is 0 Å². The minimum atomic E-state index is -0.0183. The molecule has 1 aliphatic rings. The van der Waals surface area contributed by atoms with Crippen molar-refractivity contribution in [1.29, 1.82) is 0 Å². The Morgan fingerprint density at radius 1 is 1.18 bits per heavy atom. The van der Waals surface area contributed by atoms with Gasteiger partial charge in [0.1, 0.15) is 11.6 Å². The Morgan fingerprint density at radius 3 is 2.64 bits per heavy atom. The topological polar surface area (TPSA) is 44.1 Å². The highest BCUT2D eigenvalue weighted by molar-refractivity contribution is 5.99. The Hall–Kier alpha value is -2.10. The summed E-state index contributed by atoms with van der Waals surface area (Å²) >= 11 is 0. The minimum absolute atomic E-state index is 0.0183. The fourth-order valence-corrected chi connectivity index (χ4v) is 4.19. The number of ether oxygens (including phenoxy) is 1. The number of carbonyl (C=O) groups excluding carboxylic acids is 1. The second kappa shape index (κ2) is 9.90. The first-order valence-electron chi connectivity index (χ1n) is 10.9. The van der Waals surface area contributed by atoms with E-state index >= 15 is 0 Å². The lowest BCUT2D eigenvalue weighted by molar-refractivity contribution is 0.0901. The van der Waals surface area contributed by atoms with Crippen LogP contribution in [0.5, 0.6) is 5.75 Å². The van der Waals surface area contributed by atoms with Gasteiger partial charge in [-0.2, -0.15) is 0 Å². The molecule has 0 N–H and O–H groups in total. The monoisotopic (exact) mass is 382 g/mol. The van der Waals surface area contributed by atoms with Gasteiger partial charge in [-0.25, -0.2) is 4.98 Å². The van der Waals surface area contributed by atoms with E-state index in [2.05, 4.69) is 23.4 Å². The third-order valence-corrected chi connectivity index (χ3v) is 5.97. The van der Waals surface area contributed by atoms with Crippen molar-refractivity contribution in [3.8, 4) is 5.75 Å². The van der Waals surface area contributed by atoms with Crippen LogP contribution in [-0.2, 0) is 19.4 Å². The maximum atomic E-state index is 13.4. The van der Waals surface area contributed by atoms with Gasteiger partial charge in [0, 0.05) is 30.4 Å². The number of hydrogen-bond donors (Lipinski definition) is 0. The van der Waals surface area contributed by atoms with Gasteiger partial charge in [0.25, 0.3) is 0 Å². The van der Waals surface area contributed by atoms with Crippen molar-refractivity contribution in [3.05, 3.63) is 47.0 Å². The molecule has 1 heterocycles. The molecule has 0 saturated heterocycles. The van der Waals surface area contributed by atoms with Gasteiger partial charge in [-0.3, -0.25) is 4.79 Å². The lowest BCUT2D eigenvalue weighted by Gasteiger charge is -2.24. The number of ketones is 1. The average Bonchev–Trinajstić information content (AvgIpc) is 3.13. The van der Waals surface area contributed by atoms with Crippen LogP contribution in [0.1, 0.15) is 79.7 Å². The molecule has 0 radical (unpaired) electrons. The van der Waals surface area contributed by atoms with Crippen LogP contribution in [-0.4, -0.2) is 21.9 Å². The summed E-state index contributed by atoms with van der Waals surface area (Å²) in [5.41, 5.74) is 3.44. The van der Waals surface area contributed by atoms with E-state index in [4.69, 9.17) is 4.74 Å². The van der Waals surface area contributed by atoms with Crippen LogP contribution in [0.4, 0.5) is 0 Å². The Bertz CT molecular complexity index is 794. The number of imidazole rings is 1. The zero-order valence-corrected chi connectivity index (χ0v) is 17.7. The first kappa shape index (κ1) is 20.6. The molecule has 0 saturated carbocycles. The zero-order valence-electron chi connectivity index (χ0n) is 17.7. The molecule has 0 amide bonds. The average molecular weight is 383 g/mol. The van der Waals surface area contributed by atoms with Crippen LogP contribution in [0.25, 0.3) is 0 Å². The molecule has 4 nitrogen and oxygen atoms in total. The fraction of sp³-hybridized carbons (Fsp3) is 0.583. The van der Waals surface area contributed by atoms with E-state index in [1.165, 1.54) is 30.4 Å². The Labute approximate surface area is 169 Å². The normalized spacial score (nSPS) is 14.5.